The first kappa shape index (κ1) is 20.6. The molecular weight excluding hydrogens is 392 g/mol. The monoisotopic (exact) mass is 422 g/mol. The fourth-order valence-corrected chi connectivity index (χ4v) is 4.28. The minimum absolute atomic E-state index is 0.512. The highest BCUT2D eigenvalue weighted by molar-refractivity contribution is 7.80. The van der Waals surface area contributed by atoms with Crippen LogP contribution in [0.3, 0.4) is 0 Å². The molecule has 158 valence electrons. The van der Waals surface area contributed by atoms with Gasteiger partial charge in [-0.1, -0.05) is 43.2 Å². The Bertz CT molecular complexity index is 891. The number of aromatic nitrogens is 2. The second-order valence-corrected chi connectivity index (χ2v) is 8.28. The van der Waals surface area contributed by atoms with Crippen molar-refractivity contribution in [1.82, 2.24) is 15.3 Å². The van der Waals surface area contributed by atoms with Crippen molar-refractivity contribution in [3.05, 3.63) is 54.1 Å². The number of nitrogens with zero attached hydrogens (tertiary/aromatic N) is 4. The Morgan fingerprint density at radius 2 is 1.70 bits per heavy atom. The minimum Gasteiger partial charge on any atom is -0.359 e. The molecule has 1 aromatic carbocycles. The molecule has 6 nitrogen and oxygen atoms in total. The van der Waals surface area contributed by atoms with E-state index in [-0.39, 0.29) is 0 Å². The lowest BCUT2D eigenvalue weighted by Gasteiger charge is -2.31. The molecule has 0 aliphatic carbocycles. The van der Waals surface area contributed by atoms with Crippen molar-refractivity contribution in [2.75, 3.05) is 41.3 Å². The number of thiocarbonyl (C=S) groups is 1. The molecule has 0 radical (unpaired) electrons. The van der Waals surface area contributed by atoms with Crippen molar-refractivity contribution < 1.29 is 0 Å². The molecule has 2 aliphatic rings. The first-order chi connectivity index (χ1) is 14.7. The summed E-state index contributed by atoms with van der Waals surface area (Å²) >= 11 is 5.40. The highest BCUT2D eigenvalue weighted by Gasteiger charge is 2.21. The Morgan fingerprint density at radius 1 is 1.00 bits per heavy atom. The molecule has 3 heterocycles. The summed E-state index contributed by atoms with van der Waals surface area (Å²) in [5.41, 5.74) is 2.81. The Morgan fingerprint density at radius 3 is 2.43 bits per heavy atom. The predicted octanol–water partition coefficient (Wildman–Crippen LogP) is 3.89. The Balaban J connectivity index is 1.61. The maximum Gasteiger partial charge on any atom is 0.232 e. The third kappa shape index (κ3) is 5.08. The largest absolute Gasteiger partial charge is 0.359 e. The van der Waals surface area contributed by atoms with Crippen LogP contribution in [0.15, 0.2) is 43.0 Å². The molecule has 7 heteroatoms. The zero-order valence-electron chi connectivity index (χ0n) is 17.4. The van der Waals surface area contributed by atoms with Crippen LogP contribution in [0.5, 0.6) is 0 Å². The molecule has 0 bridgehead atoms. The van der Waals surface area contributed by atoms with E-state index in [2.05, 4.69) is 57.3 Å². The van der Waals surface area contributed by atoms with Gasteiger partial charge in [0.15, 0.2) is 5.11 Å². The topological polar surface area (TPSA) is 56.3 Å². The maximum atomic E-state index is 5.40. The molecule has 4 rings (SSSR count). The van der Waals surface area contributed by atoms with Crippen LogP contribution in [-0.4, -0.2) is 41.3 Å². The number of anilines is 3. The molecule has 0 unspecified atom stereocenters. The van der Waals surface area contributed by atoms with E-state index >= 15 is 0 Å². The van der Waals surface area contributed by atoms with Crippen molar-refractivity contribution >= 4 is 34.9 Å². The lowest BCUT2D eigenvalue weighted by molar-refractivity contribution is 0.717. The molecule has 30 heavy (non-hydrogen) atoms. The van der Waals surface area contributed by atoms with Gasteiger partial charge < -0.3 is 20.4 Å². The van der Waals surface area contributed by atoms with E-state index in [1.807, 2.05) is 0 Å². The lowest BCUT2D eigenvalue weighted by Crippen LogP contribution is -2.33. The van der Waals surface area contributed by atoms with E-state index in [9.17, 15) is 0 Å². The SMILES string of the molecule is C=CCNC(=S)Nc1nc(N2CCCCCC2)cc(N2CCc3ccccc3C2)n1. The summed E-state index contributed by atoms with van der Waals surface area (Å²) in [6.07, 6.45) is 7.80. The predicted molar refractivity (Wildman–Crippen MR) is 128 cm³/mol. The van der Waals surface area contributed by atoms with E-state index in [1.54, 1.807) is 6.08 Å². The van der Waals surface area contributed by atoms with Crippen LogP contribution in [0, 0.1) is 0 Å². The second kappa shape index (κ2) is 9.89. The van der Waals surface area contributed by atoms with Gasteiger partial charge in [0, 0.05) is 38.8 Å². The average molecular weight is 423 g/mol. The molecular formula is C23H30N6S. The van der Waals surface area contributed by atoms with Gasteiger partial charge in [-0.25, -0.2) is 0 Å². The lowest BCUT2D eigenvalue weighted by atomic mass is 10.00. The van der Waals surface area contributed by atoms with Crippen LogP contribution >= 0.6 is 12.2 Å². The fourth-order valence-electron chi connectivity index (χ4n) is 4.10. The molecule has 0 atom stereocenters. The summed E-state index contributed by atoms with van der Waals surface area (Å²) in [6.45, 7) is 8.22. The van der Waals surface area contributed by atoms with Gasteiger partial charge in [-0.3, -0.25) is 0 Å². The van der Waals surface area contributed by atoms with Crippen molar-refractivity contribution in [1.29, 1.82) is 0 Å². The molecule has 0 saturated carbocycles. The standard InChI is InChI=1S/C23H30N6S/c1-2-12-24-23(30)27-22-25-20(28-13-7-3-4-8-14-28)16-21(26-22)29-15-11-18-9-5-6-10-19(18)17-29/h2,5-6,9-10,16H,1,3-4,7-8,11-15,17H2,(H2,24,25,26,27,30). The molecule has 1 fully saturated rings. The molecule has 1 saturated heterocycles. The van der Waals surface area contributed by atoms with Gasteiger partial charge in [-0.15, -0.1) is 6.58 Å². The number of rotatable bonds is 5. The molecule has 0 spiro atoms. The van der Waals surface area contributed by atoms with Crippen LogP contribution < -0.4 is 20.4 Å². The van der Waals surface area contributed by atoms with E-state index < -0.39 is 0 Å². The fraction of sp³-hybridized carbons (Fsp3) is 0.435. The molecule has 1 aromatic heterocycles. The molecule has 0 amide bonds. The Labute approximate surface area is 184 Å². The van der Waals surface area contributed by atoms with Gasteiger partial charge in [0.1, 0.15) is 11.6 Å². The number of nitrogens with one attached hydrogen (secondary N) is 2. The minimum atomic E-state index is 0.512. The summed E-state index contributed by atoms with van der Waals surface area (Å²) in [5, 5.41) is 6.78. The number of fused-ring (bicyclic) bond motifs is 1. The summed E-state index contributed by atoms with van der Waals surface area (Å²) in [4.78, 5) is 14.4. The van der Waals surface area contributed by atoms with Crippen molar-refractivity contribution in [3.63, 3.8) is 0 Å². The van der Waals surface area contributed by atoms with Crippen molar-refractivity contribution in [2.45, 2.75) is 38.6 Å². The Kier molecular flexibility index (Phi) is 6.79. The summed E-state index contributed by atoms with van der Waals surface area (Å²) in [5.74, 6) is 2.48. The second-order valence-electron chi connectivity index (χ2n) is 7.87. The van der Waals surface area contributed by atoms with Gasteiger partial charge in [-0.05, 0) is 42.6 Å². The molecule has 2 aliphatic heterocycles. The van der Waals surface area contributed by atoms with Crippen LogP contribution in [-0.2, 0) is 13.0 Å². The van der Waals surface area contributed by atoms with Crippen molar-refractivity contribution in [3.8, 4) is 0 Å². The smallest absolute Gasteiger partial charge is 0.232 e. The van der Waals surface area contributed by atoms with E-state index in [4.69, 9.17) is 22.2 Å². The third-order valence-electron chi connectivity index (χ3n) is 5.72. The van der Waals surface area contributed by atoms with Gasteiger partial charge in [0.25, 0.3) is 0 Å². The maximum absolute atomic E-state index is 5.40. The zero-order valence-corrected chi connectivity index (χ0v) is 18.3. The van der Waals surface area contributed by atoms with Crippen LogP contribution in [0.25, 0.3) is 0 Å². The van der Waals surface area contributed by atoms with E-state index in [0.717, 1.165) is 44.2 Å². The van der Waals surface area contributed by atoms with Crippen molar-refractivity contribution in [2.24, 2.45) is 0 Å². The average Bonchev–Trinajstić information content (AvgIpc) is 3.07. The summed E-state index contributed by atoms with van der Waals surface area (Å²) in [7, 11) is 0. The highest BCUT2D eigenvalue weighted by Crippen LogP contribution is 2.28. The van der Waals surface area contributed by atoms with Gasteiger partial charge >= 0.3 is 0 Å². The first-order valence-corrected chi connectivity index (χ1v) is 11.3. The quantitative estimate of drug-likeness (QED) is 0.560. The number of hydrogen-bond donors (Lipinski definition) is 2. The van der Waals surface area contributed by atoms with E-state index in [1.165, 1.54) is 36.8 Å². The van der Waals surface area contributed by atoms with Gasteiger partial charge in [-0.2, -0.15) is 9.97 Å². The van der Waals surface area contributed by atoms with Gasteiger partial charge in [0.2, 0.25) is 5.95 Å². The summed E-state index contributed by atoms with van der Waals surface area (Å²) < 4.78 is 0. The highest BCUT2D eigenvalue weighted by atomic mass is 32.1. The van der Waals surface area contributed by atoms with Gasteiger partial charge in [0.05, 0.1) is 0 Å². The zero-order chi connectivity index (χ0) is 20.8. The Hall–Kier alpha value is -2.67. The van der Waals surface area contributed by atoms with Crippen LogP contribution in [0.1, 0.15) is 36.8 Å². The molecule has 2 aromatic rings. The van der Waals surface area contributed by atoms with Crippen LogP contribution in [0.4, 0.5) is 17.6 Å². The molecule has 2 N–H and O–H groups in total. The van der Waals surface area contributed by atoms with Crippen LogP contribution in [0.2, 0.25) is 0 Å². The van der Waals surface area contributed by atoms with E-state index in [0.29, 0.717) is 17.6 Å². The summed E-state index contributed by atoms with van der Waals surface area (Å²) in [6, 6.07) is 10.8. The number of hydrogen-bond acceptors (Lipinski definition) is 5. The third-order valence-corrected chi connectivity index (χ3v) is 5.96. The number of benzene rings is 1. The first-order valence-electron chi connectivity index (χ1n) is 10.8. The normalized spacial score (nSPS) is 16.4.